The predicted molar refractivity (Wildman–Crippen MR) is 267 cm³/mol. The first kappa shape index (κ1) is 52.2. The summed E-state index contributed by atoms with van der Waals surface area (Å²) in [5.74, 6) is -2.50. The fourth-order valence-electron chi connectivity index (χ4n) is 8.97. The Kier molecular flexibility index (Phi) is 17.4. The second kappa shape index (κ2) is 24.0. The summed E-state index contributed by atoms with van der Waals surface area (Å²) in [5, 5.41) is 30.8. The van der Waals surface area contributed by atoms with Crippen molar-refractivity contribution < 1.29 is 52.6 Å². The molecule has 22 heteroatoms. The predicted octanol–water partition coefficient (Wildman–Crippen LogP) is 3.81. The van der Waals surface area contributed by atoms with Gasteiger partial charge in [-0.15, -0.1) is 0 Å². The molecule has 8 rings (SSSR count). The van der Waals surface area contributed by atoms with Crippen LogP contribution < -0.4 is 21.3 Å². The van der Waals surface area contributed by atoms with E-state index >= 15 is 0 Å². The molecule has 5 N–H and O–H groups in total. The smallest absolute Gasteiger partial charge is 0.325 e. The minimum absolute atomic E-state index is 0.0512. The summed E-state index contributed by atoms with van der Waals surface area (Å²) in [7, 11) is 0. The van der Waals surface area contributed by atoms with Gasteiger partial charge in [0.15, 0.2) is 0 Å². The lowest BCUT2D eigenvalue weighted by Crippen LogP contribution is -2.40. The third kappa shape index (κ3) is 13.0. The van der Waals surface area contributed by atoms with Gasteiger partial charge < -0.3 is 45.3 Å². The monoisotopic (exact) mass is 1050 g/mol. The van der Waals surface area contributed by atoms with Crippen molar-refractivity contribution in [1.82, 2.24) is 50.6 Å². The number of carboxylic acid groups (broad SMARTS) is 1. The van der Waals surface area contributed by atoms with Gasteiger partial charge in [0.1, 0.15) is 37.5 Å². The number of furan rings is 1. The van der Waals surface area contributed by atoms with E-state index in [1.165, 1.54) is 0 Å². The molecule has 6 aromatic rings. The molecular formula is C50H57BrN10O11. The highest BCUT2D eigenvalue weighted by molar-refractivity contribution is 9.10. The number of halogens is 1. The Hall–Kier alpha value is -7.62. The number of carbonyl (C=O) groups excluding carboxylic acids is 7. The van der Waals surface area contributed by atoms with Crippen LogP contribution in [0.4, 0.5) is 0 Å². The van der Waals surface area contributed by atoms with Crippen molar-refractivity contribution >= 4 is 96.1 Å². The van der Waals surface area contributed by atoms with Crippen molar-refractivity contribution in [2.24, 2.45) is 0 Å². The molecule has 0 bridgehead atoms. The minimum Gasteiger partial charge on any atom is -0.480 e. The zero-order valence-electron chi connectivity index (χ0n) is 40.2. The maximum absolute atomic E-state index is 12.7. The Labute approximate surface area is 422 Å². The average Bonchev–Trinajstić information content (AvgIpc) is 4.08. The number of aromatic nitrogens is 4. The van der Waals surface area contributed by atoms with Crippen LogP contribution in [0.1, 0.15) is 69.7 Å². The summed E-state index contributed by atoms with van der Waals surface area (Å²) in [5.41, 5.74) is 4.95. The lowest BCUT2D eigenvalue weighted by molar-refractivity contribution is -0.143. The molecule has 6 amide bonds. The van der Waals surface area contributed by atoms with E-state index in [-0.39, 0.29) is 68.9 Å². The van der Waals surface area contributed by atoms with Crippen LogP contribution in [-0.4, -0.2) is 141 Å². The first-order valence-electron chi connectivity index (χ1n) is 23.7. The van der Waals surface area contributed by atoms with Gasteiger partial charge in [-0.25, -0.2) is 0 Å². The second-order valence-electron chi connectivity index (χ2n) is 17.4. The first-order valence-corrected chi connectivity index (χ1v) is 24.5. The lowest BCUT2D eigenvalue weighted by Gasteiger charge is -2.30. The van der Waals surface area contributed by atoms with Crippen LogP contribution in [0.5, 0.6) is 0 Å². The Bertz CT molecular complexity index is 2970. The molecule has 0 spiro atoms. The third-order valence-electron chi connectivity index (χ3n) is 12.6. The normalized spacial score (nSPS) is 14.1. The molecule has 2 fully saturated rings. The van der Waals surface area contributed by atoms with Gasteiger partial charge in [0.2, 0.25) is 35.4 Å². The third-order valence-corrected chi connectivity index (χ3v) is 13.2. The van der Waals surface area contributed by atoms with Crippen LogP contribution >= 0.6 is 15.9 Å². The molecule has 2 aliphatic rings. The average molecular weight is 1050 g/mol. The molecule has 5 heterocycles. The van der Waals surface area contributed by atoms with Crippen LogP contribution in [0.2, 0.25) is 0 Å². The van der Waals surface area contributed by atoms with Gasteiger partial charge in [-0.1, -0.05) is 52.3 Å². The van der Waals surface area contributed by atoms with E-state index in [2.05, 4.69) is 37.2 Å². The highest BCUT2D eigenvalue weighted by atomic mass is 79.9. The Balaban J connectivity index is 0.000000215. The van der Waals surface area contributed by atoms with E-state index in [4.69, 9.17) is 24.5 Å². The molecule has 0 unspecified atom stereocenters. The molecule has 0 saturated carbocycles. The van der Waals surface area contributed by atoms with Crippen molar-refractivity contribution in [1.29, 1.82) is 0 Å². The Morgan fingerprint density at radius 1 is 0.653 bits per heavy atom. The molecular weight excluding hydrogens is 997 g/mol. The molecule has 72 heavy (non-hydrogen) atoms. The van der Waals surface area contributed by atoms with Crippen LogP contribution in [0, 0.1) is 0 Å². The maximum atomic E-state index is 12.7. The number of esters is 1. The number of carbonyl (C=O) groups is 8. The zero-order valence-corrected chi connectivity index (χ0v) is 41.8. The molecule has 0 atom stereocenters. The van der Waals surface area contributed by atoms with Gasteiger partial charge in [0, 0.05) is 78.1 Å². The summed E-state index contributed by atoms with van der Waals surface area (Å²) in [6.45, 7) is 6.16. The highest BCUT2D eigenvalue weighted by Crippen LogP contribution is 2.40. The number of fused-ring (bicyclic) bond motifs is 3. The highest BCUT2D eigenvalue weighted by Gasteiger charge is 2.30. The summed E-state index contributed by atoms with van der Waals surface area (Å²) in [6.07, 6.45) is 3.10. The van der Waals surface area contributed by atoms with Gasteiger partial charge in [-0.05, 0) is 62.9 Å². The van der Waals surface area contributed by atoms with Gasteiger partial charge in [-0.3, -0.25) is 47.7 Å². The van der Waals surface area contributed by atoms with Crippen LogP contribution in [0.15, 0.2) is 75.6 Å². The number of carboxylic acids is 1. The summed E-state index contributed by atoms with van der Waals surface area (Å²) >= 11 is 3.61. The molecule has 0 radical (unpaired) electrons. The molecule has 3 aromatic heterocycles. The number of para-hydroxylation sites is 1. The largest absolute Gasteiger partial charge is 0.480 e. The number of hydrogen-bond acceptors (Lipinski definition) is 12. The molecule has 0 aliphatic carbocycles. The topological polar surface area (TPSA) is 269 Å². The van der Waals surface area contributed by atoms with E-state index in [9.17, 15) is 38.4 Å². The number of amides is 6. The number of benzene rings is 3. The number of nitrogens with one attached hydrogen (secondary N) is 4. The number of ether oxygens (including phenoxy) is 1. The number of piperidine rings is 2. The van der Waals surface area contributed by atoms with Crippen molar-refractivity contribution in [3.63, 3.8) is 0 Å². The Morgan fingerprint density at radius 2 is 1.15 bits per heavy atom. The van der Waals surface area contributed by atoms with Crippen molar-refractivity contribution in [3.05, 3.63) is 82.6 Å². The fourth-order valence-corrected chi connectivity index (χ4v) is 9.52. The lowest BCUT2D eigenvalue weighted by atomic mass is 9.90. The number of likely N-dealkylation sites (tertiary alicyclic amines) is 2. The number of hydrogen-bond donors (Lipinski definition) is 5. The second-order valence-corrected chi connectivity index (χ2v) is 18.3. The van der Waals surface area contributed by atoms with E-state index in [1.54, 1.807) is 30.1 Å². The number of nitrogens with zero attached hydrogens (tertiary/aromatic N) is 6. The summed E-state index contributed by atoms with van der Waals surface area (Å²) < 4.78 is 15.1. The van der Waals surface area contributed by atoms with E-state index in [0.717, 1.165) is 79.9 Å². The number of aliphatic carboxylic acids is 1. The van der Waals surface area contributed by atoms with Crippen molar-refractivity contribution in [3.8, 4) is 11.3 Å². The maximum Gasteiger partial charge on any atom is 0.325 e. The first-order chi connectivity index (χ1) is 34.6. The Morgan fingerprint density at radius 3 is 1.68 bits per heavy atom. The van der Waals surface area contributed by atoms with E-state index < -0.39 is 36.2 Å². The van der Waals surface area contributed by atoms with Crippen LogP contribution in [-0.2, 0) is 56.2 Å². The summed E-state index contributed by atoms with van der Waals surface area (Å²) in [4.78, 5) is 98.1. The molecule has 2 aliphatic heterocycles. The van der Waals surface area contributed by atoms with Crippen LogP contribution in [0.25, 0.3) is 44.1 Å². The standard InChI is InChI=1S/C28H29N5O6.C22H28BrN5O5/c1-17(34)32-11-9-18(10-12-32)28-27-20(23-13-19-5-2-3-8-22(19)39-23)6-4-7-21(27)33(31-28)16-25(36)29-14-24(35)30-15-26(37)38;1-3-33-20(32)12-25-18(30)11-24-19(31)13-28-17-6-4-5-16(23)21(17)22(26-28)15-7-9-27(10-8-15)14(2)29/h2-8,13,18H,9-12,14-16H2,1H3,(H,29,36)(H,30,35)(H,37,38);4-6,15H,3,7-13H2,1-2H3,(H,24,31)(H,25,30). The number of rotatable bonds is 16. The fraction of sp³-hybridized carbons (Fsp3) is 0.400. The van der Waals surface area contributed by atoms with Crippen molar-refractivity contribution in [2.45, 2.75) is 71.4 Å². The van der Waals surface area contributed by atoms with Gasteiger partial charge in [0.05, 0.1) is 42.1 Å². The van der Waals surface area contributed by atoms with Gasteiger partial charge in [-0.2, -0.15) is 10.2 Å². The molecule has 2 saturated heterocycles. The minimum atomic E-state index is -1.17. The molecule has 3 aromatic carbocycles. The van der Waals surface area contributed by atoms with Gasteiger partial charge in [0.25, 0.3) is 0 Å². The summed E-state index contributed by atoms with van der Waals surface area (Å²) in [6, 6.07) is 21.3. The van der Waals surface area contributed by atoms with E-state index in [0.29, 0.717) is 31.9 Å². The van der Waals surface area contributed by atoms with Crippen molar-refractivity contribution in [2.75, 3.05) is 59.0 Å². The van der Waals surface area contributed by atoms with Gasteiger partial charge >= 0.3 is 11.9 Å². The molecule has 380 valence electrons. The molecule has 21 nitrogen and oxygen atoms in total. The zero-order chi connectivity index (χ0) is 51.5. The van der Waals surface area contributed by atoms with Crippen LogP contribution in [0.3, 0.4) is 0 Å². The SMILES string of the molecule is CC(=O)N1CCC(c2nn(CC(=O)NCC(=O)NCC(=O)O)c3cccc(-c4cc5ccccc5o4)c23)CC1.CCOC(=O)CNC(=O)CNC(=O)Cn1nc(C2CCN(C(C)=O)CC2)c2c(Br)cccc21. The quantitative estimate of drug-likeness (QED) is 0.0865. The van der Waals surface area contributed by atoms with E-state index in [1.807, 2.05) is 76.5 Å².